The summed E-state index contributed by atoms with van der Waals surface area (Å²) in [6.07, 6.45) is -4.39. The first kappa shape index (κ1) is 8.38. The van der Waals surface area contributed by atoms with Crippen LogP contribution in [0.5, 0.6) is 0 Å². The SMILES string of the molecule is [2H]C1=C(OS(=O)(=O)C(F)(F)F)C([2H])([2H])CC(C)(C)C1[2H]. The van der Waals surface area contributed by atoms with Gasteiger partial charge in [0.25, 0.3) is 0 Å². The smallest absolute Gasteiger partial charge is 0.381 e. The Labute approximate surface area is 98.0 Å². The molecule has 0 saturated heterocycles. The van der Waals surface area contributed by atoms with Crippen LogP contribution in [0, 0.1) is 5.41 Å². The van der Waals surface area contributed by atoms with Gasteiger partial charge >= 0.3 is 15.6 Å². The van der Waals surface area contributed by atoms with Crippen molar-refractivity contribution >= 4 is 10.1 Å². The summed E-state index contributed by atoms with van der Waals surface area (Å²) < 4.78 is 92.8. The minimum atomic E-state index is -6.06. The molecule has 0 N–H and O–H groups in total. The lowest BCUT2D eigenvalue weighted by atomic mass is 9.80. The lowest BCUT2D eigenvalue weighted by molar-refractivity contribution is -0.0525. The second-order valence-electron chi connectivity index (χ2n) is 3.94. The molecule has 1 aliphatic rings. The molecule has 0 spiro atoms. The van der Waals surface area contributed by atoms with Crippen molar-refractivity contribution in [2.75, 3.05) is 0 Å². The van der Waals surface area contributed by atoms with E-state index in [9.17, 15) is 21.6 Å². The molecule has 0 bridgehead atoms. The van der Waals surface area contributed by atoms with Gasteiger partial charge in [-0.1, -0.05) is 13.8 Å². The maximum atomic E-state index is 12.3. The summed E-state index contributed by atoms with van der Waals surface area (Å²) in [5.41, 5.74) is -6.75. The quantitative estimate of drug-likeness (QED) is 0.567. The Morgan fingerprint density at radius 1 is 1.56 bits per heavy atom. The van der Waals surface area contributed by atoms with Crippen molar-refractivity contribution < 1.29 is 31.3 Å². The topological polar surface area (TPSA) is 43.4 Å². The van der Waals surface area contributed by atoms with Crippen LogP contribution >= 0.6 is 0 Å². The molecule has 0 amide bonds. The van der Waals surface area contributed by atoms with Gasteiger partial charge in [-0.15, -0.1) is 0 Å². The third-order valence-electron chi connectivity index (χ3n) is 1.78. The standard InChI is InChI=1S/C9H13F3O3S/c1-8(2)5-3-7(4-6-8)15-16(13,14)9(10,11)12/h3H,4-6H2,1-2H3/i3D,4D2,5D. The van der Waals surface area contributed by atoms with Gasteiger partial charge in [0.15, 0.2) is 0 Å². The summed E-state index contributed by atoms with van der Waals surface area (Å²) in [5.74, 6) is -1.27. The zero-order valence-electron chi connectivity index (χ0n) is 12.6. The molecule has 16 heavy (non-hydrogen) atoms. The van der Waals surface area contributed by atoms with E-state index in [0.717, 1.165) is 0 Å². The van der Waals surface area contributed by atoms with E-state index in [1.165, 1.54) is 13.8 Å². The van der Waals surface area contributed by atoms with Gasteiger partial charge in [0.05, 0.1) is 1.37 Å². The van der Waals surface area contributed by atoms with E-state index in [4.69, 9.17) is 5.48 Å². The van der Waals surface area contributed by atoms with Crippen molar-refractivity contribution in [2.24, 2.45) is 5.41 Å². The van der Waals surface area contributed by atoms with Gasteiger partial charge in [0.2, 0.25) is 0 Å². The molecule has 0 radical (unpaired) electrons. The van der Waals surface area contributed by atoms with Gasteiger partial charge in [0.1, 0.15) is 5.76 Å². The highest BCUT2D eigenvalue weighted by atomic mass is 32.2. The second-order valence-corrected chi connectivity index (χ2v) is 5.48. The molecule has 3 nitrogen and oxygen atoms in total. The van der Waals surface area contributed by atoms with Crippen molar-refractivity contribution in [2.45, 2.75) is 38.5 Å². The maximum absolute atomic E-state index is 12.3. The van der Waals surface area contributed by atoms with E-state index in [2.05, 4.69) is 4.18 Å². The van der Waals surface area contributed by atoms with Crippen LogP contribution in [-0.4, -0.2) is 13.9 Å². The molecule has 0 fully saturated rings. The van der Waals surface area contributed by atoms with Crippen LogP contribution in [0.2, 0.25) is 0 Å². The fraction of sp³-hybridized carbons (Fsp3) is 0.778. The molecular formula is C9H13F3O3S. The van der Waals surface area contributed by atoms with E-state index in [0.29, 0.717) is 0 Å². The Balaban J connectivity index is 3.33. The Kier molecular flexibility index (Phi) is 2.06. The van der Waals surface area contributed by atoms with Crippen molar-refractivity contribution in [3.63, 3.8) is 0 Å². The number of halogens is 3. The molecule has 0 heterocycles. The maximum Gasteiger partial charge on any atom is 0.534 e. The normalized spacial score (nSPS) is 33.4. The summed E-state index contributed by atoms with van der Waals surface area (Å²) in [6.45, 7) is 2.93. The molecule has 7 heteroatoms. The van der Waals surface area contributed by atoms with E-state index in [1.807, 2.05) is 0 Å². The van der Waals surface area contributed by atoms with Crippen molar-refractivity contribution in [3.8, 4) is 0 Å². The summed E-state index contributed by atoms with van der Waals surface area (Å²) in [6, 6.07) is -0.904. The molecular weight excluding hydrogens is 245 g/mol. The van der Waals surface area contributed by atoms with E-state index in [-0.39, 0.29) is 0 Å². The number of rotatable bonds is 2. The Morgan fingerprint density at radius 3 is 2.62 bits per heavy atom. The number of allylic oxidation sites excluding steroid dienone is 2. The fourth-order valence-corrected chi connectivity index (χ4v) is 1.30. The van der Waals surface area contributed by atoms with Crippen molar-refractivity contribution in [1.82, 2.24) is 0 Å². The first-order valence-corrected chi connectivity index (χ1v) is 5.67. The van der Waals surface area contributed by atoms with Crippen LogP contribution in [0.4, 0.5) is 13.2 Å². The van der Waals surface area contributed by atoms with Crippen LogP contribution in [0.15, 0.2) is 11.8 Å². The molecule has 1 atom stereocenters. The van der Waals surface area contributed by atoms with E-state index >= 15 is 0 Å². The third kappa shape index (κ3) is 3.13. The van der Waals surface area contributed by atoms with E-state index in [1.54, 1.807) is 0 Å². The highest BCUT2D eigenvalue weighted by Gasteiger charge is 2.49. The molecule has 0 aromatic carbocycles. The lowest BCUT2D eigenvalue weighted by Crippen LogP contribution is -2.26. The molecule has 1 aliphatic carbocycles. The summed E-state index contributed by atoms with van der Waals surface area (Å²) >= 11 is 0. The molecule has 94 valence electrons. The molecule has 0 saturated carbocycles. The van der Waals surface area contributed by atoms with E-state index < -0.39 is 52.0 Å². The molecule has 0 aromatic rings. The summed E-state index contributed by atoms with van der Waals surface area (Å²) in [4.78, 5) is 0. The van der Waals surface area contributed by atoms with Gasteiger partial charge in [-0.2, -0.15) is 21.6 Å². The zero-order valence-corrected chi connectivity index (χ0v) is 9.37. The Bertz CT molecular complexity index is 539. The second kappa shape index (κ2) is 3.94. The predicted molar refractivity (Wildman–Crippen MR) is 51.8 cm³/mol. The summed E-state index contributed by atoms with van der Waals surface area (Å²) in [5, 5.41) is 0. The van der Waals surface area contributed by atoms with Crippen LogP contribution in [0.3, 0.4) is 0 Å². The van der Waals surface area contributed by atoms with Gasteiger partial charge in [0, 0.05) is 10.5 Å². The molecule has 0 aromatic heterocycles. The van der Waals surface area contributed by atoms with Crippen molar-refractivity contribution in [3.05, 3.63) is 11.8 Å². The first-order valence-electron chi connectivity index (χ1n) is 6.34. The van der Waals surface area contributed by atoms with Gasteiger partial charge in [-0.25, -0.2) is 0 Å². The monoisotopic (exact) mass is 262 g/mol. The fourth-order valence-electron chi connectivity index (χ4n) is 0.882. The Morgan fingerprint density at radius 2 is 2.12 bits per heavy atom. The van der Waals surface area contributed by atoms with Crippen LogP contribution in [0.25, 0.3) is 0 Å². The highest BCUT2D eigenvalue weighted by Crippen LogP contribution is 2.36. The molecule has 1 unspecified atom stereocenters. The first-order chi connectivity index (χ1) is 8.62. The average molecular weight is 262 g/mol. The van der Waals surface area contributed by atoms with Crippen LogP contribution in [0.1, 0.15) is 38.5 Å². The highest BCUT2D eigenvalue weighted by molar-refractivity contribution is 7.87. The van der Waals surface area contributed by atoms with Gasteiger partial charge in [-0.3, -0.25) is 0 Å². The third-order valence-corrected chi connectivity index (χ3v) is 2.73. The zero-order chi connectivity index (χ0) is 16.1. The number of hydrogen-bond donors (Lipinski definition) is 0. The van der Waals surface area contributed by atoms with Gasteiger partial charge < -0.3 is 4.18 Å². The summed E-state index contributed by atoms with van der Waals surface area (Å²) in [7, 11) is -6.06. The van der Waals surface area contributed by atoms with Crippen molar-refractivity contribution in [1.29, 1.82) is 0 Å². The lowest BCUT2D eigenvalue weighted by Gasteiger charge is -2.28. The molecule has 0 aliphatic heterocycles. The van der Waals surface area contributed by atoms with Crippen LogP contribution in [-0.2, 0) is 14.3 Å². The minimum absolute atomic E-state index is 0.431. The Hall–Kier alpha value is -0.720. The average Bonchev–Trinajstić information content (AvgIpc) is 2.19. The minimum Gasteiger partial charge on any atom is -0.381 e. The number of alkyl halides is 3. The number of hydrogen-bond acceptors (Lipinski definition) is 3. The van der Waals surface area contributed by atoms with Gasteiger partial charge in [-0.05, 0) is 24.3 Å². The molecule has 1 rings (SSSR count). The van der Waals surface area contributed by atoms with Crippen LogP contribution < -0.4 is 0 Å². The largest absolute Gasteiger partial charge is 0.534 e. The predicted octanol–water partition coefficient (Wildman–Crippen LogP) is 2.95.